The monoisotopic (exact) mass is 471 g/mol. The molecule has 7 nitrogen and oxygen atoms in total. The number of carbonyl (C=O) groups excluding carboxylic acids is 2. The molecule has 1 aliphatic heterocycles. The van der Waals surface area contributed by atoms with Crippen LogP contribution in [-0.4, -0.2) is 44.6 Å². The summed E-state index contributed by atoms with van der Waals surface area (Å²) in [5, 5.41) is 7.75. The highest BCUT2D eigenvalue weighted by molar-refractivity contribution is 5.83. The summed E-state index contributed by atoms with van der Waals surface area (Å²) in [6.07, 6.45) is 3.07. The van der Waals surface area contributed by atoms with Gasteiger partial charge in [0.05, 0.1) is 30.0 Å². The van der Waals surface area contributed by atoms with Crippen molar-refractivity contribution >= 4 is 11.8 Å². The molecule has 1 aromatic carbocycles. The first-order valence-corrected chi connectivity index (χ1v) is 12.4. The van der Waals surface area contributed by atoms with Gasteiger partial charge >= 0.3 is 0 Å². The summed E-state index contributed by atoms with van der Waals surface area (Å²) < 4.78 is 1.92. The van der Waals surface area contributed by atoms with E-state index in [1.165, 1.54) is 0 Å². The number of aryl methyl sites for hydroxylation is 2. The molecular weight excluding hydrogens is 438 g/mol. The first-order valence-electron chi connectivity index (χ1n) is 12.4. The molecule has 7 heteroatoms. The zero-order valence-corrected chi connectivity index (χ0v) is 20.8. The summed E-state index contributed by atoms with van der Waals surface area (Å²) in [5.74, 6) is 0.316. The minimum absolute atomic E-state index is 0.0538. The van der Waals surface area contributed by atoms with Gasteiger partial charge in [0, 0.05) is 36.0 Å². The number of aromatic nitrogens is 3. The SMILES string of the molecule is Cc1cccc(CNC(=O)[C@H]2CC23CCN(C(=O)Cc2c(C)nn(-c4ccccc4)c2C)CC3)n1. The molecule has 1 aliphatic carbocycles. The molecule has 3 heterocycles. The molecule has 1 spiro atoms. The Morgan fingerprint density at radius 2 is 1.77 bits per heavy atom. The Morgan fingerprint density at radius 1 is 1.03 bits per heavy atom. The van der Waals surface area contributed by atoms with Crippen LogP contribution in [0, 0.1) is 32.1 Å². The van der Waals surface area contributed by atoms with Gasteiger partial charge in [-0.25, -0.2) is 4.68 Å². The van der Waals surface area contributed by atoms with Crippen LogP contribution in [0.1, 0.15) is 47.6 Å². The molecule has 0 bridgehead atoms. The number of nitrogens with one attached hydrogen (secondary N) is 1. The van der Waals surface area contributed by atoms with E-state index in [0.717, 1.165) is 53.3 Å². The molecular formula is C28H33N5O2. The van der Waals surface area contributed by atoms with Gasteiger partial charge in [-0.15, -0.1) is 0 Å². The van der Waals surface area contributed by atoms with Crippen molar-refractivity contribution in [1.29, 1.82) is 0 Å². The summed E-state index contributed by atoms with van der Waals surface area (Å²) >= 11 is 0. The third-order valence-electron chi connectivity index (χ3n) is 7.78. The van der Waals surface area contributed by atoms with Crippen molar-refractivity contribution in [2.24, 2.45) is 11.3 Å². The number of hydrogen-bond donors (Lipinski definition) is 1. The largest absolute Gasteiger partial charge is 0.350 e. The molecule has 182 valence electrons. The highest BCUT2D eigenvalue weighted by Crippen LogP contribution is 2.59. The fourth-order valence-electron chi connectivity index (χ4n) is 5.49. The van der Waals surface area contributed by atoms with Gasteiger partial charge in [-0.3, -0.25) is 14.6 Å². The van der Waals surface area contributed by atoms with Crippen LogP contribution in [-0.2, 0) is 22.6 Å². The van der Waals surface area contributed by atoms with Gasteiger partial charge in [0.15, 0.2) is 0 Å². The Balaban J connectivity index is 1.15. The zero-order valence-electron chi connectivity index (χ0n) is 20.8. The van der Waals surface area contributed by atoms with Gasteiger partial charge in [0.2, 0.25) is 11.8 Å². The number of amides is 2. The Morgan fingerprint density at radius 3 is 2.49 bits per heavy atom. The van der Waals surface area contributed by atoms with Gasteiger partial charge in [-0.05, 0) is 69.7 Å². The summed E-state index contributed by atoms with van der Waals surface area (Å²) in [7, 11) is 0. The first kappa shape index (κ1) is 23.3. The van der Waals surface area contributed by atoms with Gasteiger partial charge < -0.3 is 10.2 Å². The molecule has 1 N–H and O–H groups in total. The number of rotatable bonds is 6. The van der Waals surface area contributed by atoms with Gasteiger partial charge in [-0.1, -0.05) is 24.3 Å². The normalized spacial score (nSPS) is 18.5. The number of likely N-dealkylation sites (tertiary alicyclic amines) is 1. The third kappa shape index (κ3) is 4.72. The van der Waals surface area contributed by atoms with E-state index in [0.29, 0.717) is 26.1 Å². The molecule has 1 saturated heterocycles. The Labute approximate surface area is 206 Å². The number of benzene rings is 1. The average Bonchev–Trinajstić information content (AvgIpc) is 3.49. The van der Waals surface area contributed by atoms with Crippen LogP contribution in [0.15, 0.2) is 48.5 Å². The van der Waals surface area contributed by atoms with Crippen LogP contribution in [0.4, 0.5) is 0 Å². The molecule has 5 rings (SSSR count). The standard InChI is InChI=1S/C28H33N5O2/c1-19-8-7-9-22(30-19)18-29-27(35)25-17-28(25)12-14-32(15-13-28)26(34)16-24-20(2)31-33(21(24)3)23-10-5-4-6-11-23/h4-11,25H,12-18H2,1-3H3,(H,29,35)/t25-/m1/s1. The highest BCUT2D eigenvalue weighted by Gasteiger charge is 2.58. The molecule has 1 saturated carbocycles. The smallest absolute Gasteiger partial charge is 0.227 e. The lowest BCUT2D eigenvalue weighted by Crippen LogP contribution is -2.41. The van der Waals surface area contributed by atoms with E-state index in [1.54, 1.807) is 0 Å². The topological polar surface area (TPSA) is 80.1 Å². The van der Waals surface area contributed by atoms with E-state index in [1.807, 2.05) is 78.9 Å². The fraction of sp³-hybridized carbons (Fsp3) is 0.429. The predicted molar refractivity (Wildman–Crippen MR) is 134 cm³/mol. The lowest BCUT2D eigenvalue weighted by Gasteiger charge is -2.33. The molecule has 2 aromatic heterocycles. The third-order valence-corrected chi connectivity index (χ3v) is 7.78. The van der Waals surface area contributed by atoms with Gasteiger partial charge in [0.1, 0.15) is 0 Å². The predicted octanol–water partition coefficient (Wildman–Crippen LogP) is 3.68. The molecule has 0 radical (unpaired) electrons. The summed E-state index contributed by atoms with van der Waals surface area (Å²) in [6, 6.07) is 15.9. The second-order valence-corrected chi connectivity index (χ2v) is 10.1. The number of pyridine rings is 1. The number of piperidine rings is 1. The Hall–Kier alpha value is -3.48. The van der Waals surface area contributed by atoms with Crippen LogP contribution in [0.3, 0.4) is 0 Å². The van der Waals surface area contributed by atoms with E-state index in [9.17, 15) is 9.59 Å². The van der Waals surface area contributed by atoms with Gasteiger partial charge in [0.25, 0.3) is 0 Å². The molecule has 0 unspecified atom stereocenters. The van der Waals surface area contributed by atoms with Crippen LogP contribution in [0.5, 0.6) is 0 Å². The lowest BCUT2D eigenvalue weighted by atomic mass is 9.90. The number of nitrogens with zero attached hydrogens (tertiary/aromatic N) is 4. The minimum atomic E-state index is 0.0538. The van der Waals surface area contributed by atoms with Crippen LogP contribution < -0.4 is 5.32 Å². The van der Waals surface area contributed by atoms with E-state index in [-0.39, 0.29) is 23.1 Å². The van der Waals surface area contributed by atoms with Crippen molar-refractivity contribution in [2.75, 3.05) is 13.1 Å². The first-order chi connectivity index (χ1) is 16.9. The number of para-hydroxylation sites is 1. The van der Waals surface area contributed by atoms with Crippen LogP contribution >= 0.6 is 0 Å². The molecule has 2 fully saturated rings. The summed E-state index contributed by atoms with van der Waals surface area (Å²) in [6.45, 7) is 7.85. The Kier molecular flexibility index (Phi) is 6.17. The Bertz CT molecular complexity index is 1240. The second kappa shape index (κ2) is 9.29. The van der Waals surface area contributed by atoms with Crippen molar-refractivity contribution in [3.05, 3.63) is 76.9 Å². The van der Waals surface area contributed by atoms with Crippen molar-refractivity contribution in [3.63, 3.8) is 0 Å². The van der Waals surface area contributed by atoms with Crippen molar-refractivity contribution in [2.45, 2.75) is 53.0 Å². The molecule has 1 atom stereocenters. The zero-order chi connectivity index (χ0) is 24.6. The number of carbonyl (C=O) groups is 2. The van der Waals surface area contributed by atoms with Crippen LogP contribution in [0.25, 0.3) is 5.69 Å². The highest BCUT2D eigenvalue weighted by atomic mass is 16.2. The second-order valence-electron chi connectivity index (χ2n) is 10.1. The maximum atomic E-state index is 13.2. The quantitative estimate of drug-likeness (QED) is 0.595. The average molecular weight is 472 g/mol. The lowest BCUT2D eigenvalue weighted by molar-refractivity contribution is -0.132. The molecule has 3 aromatic rings. The van der Waals surface area contributed by atoms with E-state index in [4.69, 9.17) is 0 Å². The van der Waals surface area contributed by atoms with Crippen molar-refractivity contribution in [1.82, 2.24) is 25.0 Å². The van der Waals surface area contributed by atoms with Crippen molar-refractivity contribution in [3.8, 4) is 5.69 Å². The maximum Gasteiger partial charge on any atom is 0.227 e. The molecule has 2 aliphatic rings. The van der Waals surface area contributed by atoms with E-state index in [2.05, 4.69) is 15.4 Å². The molecule has 2 amide bonds. The van der Waals surface area contributed by atoms with Crippen molar-refractivity contribution < 1.29 is 9.59 Å². The van der Waals surface area contributed by atoms with E-state index < -0.39 is 0 Å². The van der Waals surface area contributed by atoms with E-state index >= 15 is 0 Å². The summed E-state index contributed by atoms with van der Waals surface area (Å²) in [5.41, 5.74) is 5.82. The maximum absolute atomic E-state index is 13.2. The fourth-order valence-corrected chi connectivity index (χ4v) is 5.49. The summed E-state index contributed by atoms with van der Waals surface area (Å²) in [4.78, 5) is 32.3. The van der Waals surface area contributed by atoms with Gasteiger partial charge in [-0.2, -0.15) is 5.10 Å². The van der Waals surface area contributed by atoms with Crippen LogP contribution in [0.2, 0.25) is 0 Å². The minimum Gasteiger partial charge on any atom is -0.350 e. The number of hydrogen-bond acceptors (Lipinski definition) is 4. The molecule has 35 heavy (non-hydrogen) atoms.